The van der Waals surface area contributed by atoms with Gasteiger partial charge in [0.15, 0.2) is 0 Å². The molecule has 0 atom stereocenters. The van der Waals surface area contributed by atoms with Crippen molar-refractivity contribution in [3.8, 4) is 0 Å². The zero-order valence-electron chi connectivity index (χ0n) is 9.04. The van der Waals surface area contributed by atoms with Gasteiger partial charge in [0.1, 0.15) is 0 Å². The summed E-state index contributed by atoms with van der Waals surface area (Å²) < 4.78 is 2.76. The molecular weight excluding hydrogens is 446 g/mol. The van der Waals surface area contributed by atoms with Crippen molar-refractivity contribution in [2.45, 2.75) is 6.54 Å². The van der Waals surface area contributed by atoms with Crippen LogP contribution >= 0.6 is 59.1 Å². The van der Waals surface area contributed by atoms with Crippen LogP contribution in [0.1, 0.15) is 15.2 Å². The lowest BCUT2D eigenvalue weighted by atomic mass is 10.2. The predicted molar refractivity (Wildman–Crippen MR) is 85.0 cm³/mol. The molecule has 2 nitrogen and oxygen atoms in total. The van der Waals surface area contributed by atoms with Gasteiger partial charge in [0, 0.05) is 23.7 Å². The molecule has 6 heteroatoms. The van der Waals surface area contributed by atoms with Crippen LogP contribution in [-0.2, 0) is 6.54 Å². The lowest BCUT2D eigenvalue weighted by molar-refractivity contribution is 0.0950. The Morgan fingerprint density at radius 1 is 1.17 bits per heavy atom. The molecule has 1 aromatic carbocycles. The highest BCUT2D eigenvalue weighted by molar-refractivity contribution is 9.11. The number of hydrogen-bond donors (Lipinski definition) is 1. The zero-order valence-corrected chi connectivity index (χ0v) is 14.6. The first-order chi connectivity index (χ1) is 8.56. The van der Waals surface area contributed by atoms with E-state index in [1.165, 1.54) is 0 Å². The molecule has 1 N–H and O–H groups in total. The molecular formula is C12H8Br3NOS. The van der Waals surface area contributed by atoms with Gasteiger partial charge in [-0.25, -0.2) is 0 Å². The second-order valence-electron chi connectivity index (χ2n) is 3.54. The SMILES string of the molecule is O=C(NCc1cc(Br)cs1)c1ccc(Br)cc1Br. The lowest BCUT2D eigenvalue weighted by Crippen LogP contribution is -2.22. The molecule has 0 unspecified atom stereocenters. The normalized spacial score (nSPS) is 10.4. The minimum Gasteiger partial charge on any atom is -0.347 e. The van der Waals surface area contributed by atoms with Crippen molar-refractivity contribution in [3.05, 3.63) is 53.5 Å². The quantitative estimate of drug-likeness (QED) is 0.698. The third-order valence-electron chi connectivity index (χ3n) is 2.22. The van der Waals surface area contributed by atoms with Gasteiger partial charge in [-0.15, -0.1) is 11.3 Å². The highest BCUT2D eigenvalue weighted by atomic mass is 79.9. The number of halogens is 3. The van der Waals surface area contributed by atoms with E-state index in [9.17, 15) is 4.79 Å². The molecule has 0 bridgehead atoms. The van der Waals surface area contributed by atoms with E-state index in [4.69, 9.17) is 0 Å². The van der Waals surface area contributed by atoms with Gasteiger partial charge in [-0.1, -0.05) is 15.9 Å². The van der Waals surface area contributed by atoms with Gasteiger partial charge in [-0.3, -0.25) is 4.79 Å². The number of amides is 1. The number of benzene rings is 1. The van der Waals surface area contributed by atoms with Crippen molar-refractivity contribution in [2.75, 3.05) is 0 Å². The molecule has 0 spiro atoms. The van der Waals surface area contributed by atoms with Gasteiger partial charge in [0.2, 0.25) is 0 Å². The summed E-state index contributed by atoms with van der Waals surface area (Å²) in [5.41, 5.74) is 0.633. The van der Waals surface area contributed by atoms with Crippen LogP contribution < -0.4 is 5.32 Å². The summed E-state index contributed by atoms with van der Waals surface area (Å²) in [6.07, 6.45) is 0. The first kappa shape index (κ1) is 14.2. The Hall–Kier alpha value is -0.170. The van der Waals surface area contributed by atoms with E-state index < -0.39 is 0 Å². The van der Waals surface area contributed by atoms with Crippen LogP contribution in [0, 0.1) is 0 Å². The topological polar surface area (TPSA) is 29.1 Å². The largest absolute Gasteiger partial charge is 0.347 e. The first-order valence-corrected chi connectivity index (χ1v) is 8.28. The summed E-state index contributed by atoms with van der Waals surface area (Å²) in [5, 5.41) is 4.89. The Kier molecular flexibility index (Phi) is 5.00. The van der Waals surface area contributed by atoms with Crippen LogP contribution in [0.3, 0.4) is 0 Å². The van der Waals surface area contributed by atoms with E-state index in [0.717, 1.165) is 18.3 Å². The summed E-state index contributed by atoms with van der Waals surface area (Å²) in [4.78, 5) is 13.1. The maximum Gasteiger partial charge on any atom is 0.252 e. The predicted octanol–water partition coefficient (Wildman–Crippen LogP) is 4.97. The third-order valence-corrected chi connectivity index (χ3v) is 5.07. The second-order valence-corrected chi connectivity index (χ2v) is 7.22. The monoisotopic (exact) mass is 451 g/mol. The summed E-state index contributed by atoms with van der Waals surface area (Å²) in [6.45, 7) is 0.539. The molecule has 0 aliphatic carbocycles. The van der Waals surface area contributed by atoms with Gasteiger partial charge in [0.25, 0.3) is 5.91 Å². The van der Waals surface area contributed by atoms with Gasteiger partial charge < -0.3 is 5.32 Å². The van der Waals surface area contributed by atoms with Crippen molar-refractivity contribution in [2.24, 2.45) is 0 Å². The maximum atomic E-state index is 12.0. The molecule has 0 saturated carbocycles. The molecule has 1 aromatic heterocycles. The van der Waals surface area contributed by atoms with E-state index in [1.807, 2.05) is 23.6 Å². The number of thiophene rings is 1. The van der Waals surface area contributed by atoms with Crippen molar-refractivity contribution >= 4 is 65.0 Å². The molecule has 2 aromatic rings. The summed E-state index contributed by atoms with van der Waals surface area (Å²) >= 11 is 11.7. The fraction of sp³-hybridized carbons (Fsp3) is 0.0833. The highest BCUT2D eigenvalue weighted by Crippen LogP contribution is 2.22. The molecule has 0 aliphatic rings. The van der Waals surface area contributed by atoms with Crippen molar-refractivity contribution in [1.82, 2.24) is 5.32 Å². The van der Waals surface area contributed by atoms with Gasteiger partial charge in [0.05, 0.1) is 12.1 Å². The molecule has 0 saturated heterocycles. The van der Waals surface area contributed by atoms with E-state index in [0.29, 0.717) is 12.1 Å². The second kappa shape index (κ2) is 6.32. The number of rotatable bonds is 3. The number of carbonyl (C=O) groups excluding carboxylic acids is 1. The Morgan fingerprint density at radius 3 is 2.56 bits per heavy atom. The molecule has 1 heterocycles. The smallest absolute Gasteiger partial charge is 0.252 e. The summed E-state index contributed by atoms with van der Waals surface area (Å²) in [5.74, 6) is -0.0844. The van der Waals surface area contributed by atoms with Crippen LogP contribution in [-0.4, -0.2) is 5.91 Å². The summed E-state index contributed by atoms with van der Waals surface area (Å²) in [7, 11) is 0. The van der Waals surface area contributed by atoms with Gasteiger partial charge in [-0.05, 0) is 56.1 Å². The molecule has 0 fully saturated rings. The zero-order chi connectivity index (χ0) is 13.1. The minimum absolute atomic E-state index is 0.0844. The fourth-order valence-corrected chi connectivity index (χ4v) is 4.00. The molecule has 2 rings (SSSR count). The lowest BCUT2D eigenvalue weighted by Gasteiger charge is -2.06. The standard InChI is InChI=1S/C12H8Br3NOS/c13-7-1-2-10(11(15)4-7)12(17)16-5-9-3-8(14)6-18-9/h1-4,6H,5H2,(H,16,17). The molecule has 0 radical (unpaired) electrons. The fourth-order valence-electron chi connectivity index (χ4n) is 1.38. The summed E-state index contributed by atoms with van der Waals surface area (Å²) in [6, 6.07) is 7.49. The van der Waals surface area contributed by atoms with E-state index in [2.05, 4.69) is 53.1 Å². The van der Waals surface area contributed by atoms with Crippen molar-refractivity contribution < 1.29 is 4.79 Å². The van der Waals surface area contributed by atoms with Gasteiger partial charge >= 0.3 is 0 Å². The average Bonchev–Trinajstić information content (AvgIpc) is 2.72. The Labute approximate surface area is 134 Å². The maximum absolute atomic E-state index is 12.0. The van der Waals surface area contributed by atoms with Crippen LogP contribution in [0.15, 0.2) is 43.1 Å². The van der Waals surface area contributed by atoms with E-state index in [1.54, 1.807) is 17.4 Å². The third kappa shape index (κ3) is 3.66. The highest BCUT2D eigenvalue weighted by Gasteiger charge is 2.10. The number of nitrogens with one attached hydrogen (secondary N) is 1. The number of carbonyl (C=O) groups is 1. The van der Waals surface area contributed by atoms with Crippen LogP contribution in [0.5, 0.6) is 0 Å². The molecule has 0 aliphatic heterocycles. The molecule has 18 heavy (non-hydrogen) atoms. The van der Waals surface area contributed by atoms with E-state index >= 15 is 0 Å². The van der Waals surface area contributed by atoms with Crippen LogP contribution in [0.4, 0.5) is 0 Å². The first-order valence-electron chi connectivity index (χ1n) is 5.02. The van der Waals surface area contributed by atoms with Crippen LogP contribution in [0.25, 0.3) is 0 Å². The molecule has 1 amide bonds. The average molecular weight is 454 g/mol. The van der Waals surface area contributed by atoms with Gasteiger partial charge in [-0.2, -0.15) is 0 Å². The minimum atomic E-state index is -0.0844. The Bertz CT molecular complexity index is 582. The Balaban J connectivity index is 2.03. The Morgan fingerprint density at radius 2 is 1.94 bits per heavy atom. The molecule has 94 valence electrons. The van der Waals surface area contributed by atoms with Crippen molar-refractivity contribution in [3.63, 3.8) is 0 Å². The van der Waals surface area contributed by atoms with Crippen molar-refractivity contribution in [1.29, 1.82) is 0 Å². The van der Waals surface area contributed by atoms with E-state index in [-0.39, 0.29) is 5.91 Å². The van der Waals surface area contributed by atoms with Crippen LogP contribution in [0.2, 0.25) is 0 Å². The number of hydrogen-bond acceptors (Lipinski definition) is 2.